The van der Waals surface area contributed by atoms with Crippen LogP contribution in [0, 0.1) is 11.8 Å². The highest BCUT2D eigenvalue weighted by atomic mass is 32.2. The number of carbonyl (C=O) groups excluding carboxylic acids is 1. The largest absolute Gasteiger partial charge is 0.481 e. The van der Waals surface area contributed by atoms with Crippen molar-refractivity contribution in [2.24, 2.45) is 11.8 Å². The molecule has 3 unspecified atom stereocenters. The molecule has 2 N–H and O–H groups in total. The number of hydrogen-bond acceptors (Lipinski definition) is 3. The van der Waals surface area contributed by atoms with E-state index in [1.54, 1.807) is 11.8 Å². The van der Waals surface area contributed by atoms with Crippen molar-refractivity contribution in [2.45, 2.75) is 38.1 Å². The van der Waals surface area contributed by atoms with E-state index in [0.717, 1.165) is 37.2 Å². The molecule has 0 spiro atoms. The van der Waals surface area contributed by atoms with Crippen LogP contribution in [0.5, 0.6) is 0 Å². The van der Waals surface area contributed by atoms with Crippen LogP contribution >= 0.6 is 11.8 Å². The van der Waals surface area contributed by atoms with E-state index in [1.165, 1.54) is 0 Å². The molecule has 4 nitrogen and oxygen atoms in total. The van der Waals surface area contributed by atoms with Crippen LogP contribution in [0.1, 0.15) is 32.1 Å². The summed E-state index contributed by atoms with van der Waals surface area (Å²) >= 11 is 1.80. The zero-order chi connectivity index (χ0) is 12.3. The molecule has 1 aliphatic carbocycles. The van der Waals surface area contributed by atoms with Crippen LogP contribution in [0.25, 0.3) is 0 Å². The lowest BCUT2D eigenvalue weighted by Crippen LogP contribution is -2.47. The molecule has 96 valence electrons. The molecule has 1 saturated carbocycles. The molecule has 2 rings (SSSR count). The van der Waals surface area contributed by atoms with Crippen LogP contribution in [0.15, 0.2) is 0 Å². The van der Waals surface area contributed by atoms with Crippen molar-refractivity contribution in [3.8, 4) is 0 Å². The average Bonchev–Trinajstić information content (AvgIpc) is 2.83. The summed E-state index contributed by atoms with van der Waals surface area (Å²) in [7, 11) is 0. The molecule has 0 radical (unpaired) electrons. The van der Waals surface area contributed by atoms with Crippen molar-refractivity contribution in [1.82, 2.24) is 5.32 Å². The van der Waals surface area contributed by atoms with Crippen LogP contribution in [0.3, 0.4) is 0 Å². The Hall–Kier alpha value is -0.710. The van der Waals surface area contributed by atoms with Crippen LogP contribution < -0.4 is 5.32 Å². The summed E-state index contributed by atoms with van der Waals surface area (Å²) in [5.74, 6) is 0.934. The fourth-order valence-electron chi connectivity index (χ4n) is 2.64. The van der Waals surface area contributed by atoms with Crippen LogP contribution in [-0.4, -0.2) is 34.5 Å². The van der Waals surface area contributed by atoms with E-state index >= 15 is 0 Å². The Bertz CT molecular complexity index is 302. The standard InChI is InChI=1S/C12H19NO3S/c14-11(8-5-6-17-7-8)13-10-4-2-1-3-9(10)12(15)16/h8-10H,1-7H2,(H,13,14)(H,15,16). The summed E-state index contributed by atoms with van der Waals surface area (Å²) in [6, 6.07) is -0.153. The van der Waals surface area contributed by atoms with E-state index in [-0.39, 0.29) is 23.8 Å². The molecule has 5 heteroatoms. The van der Waals surface area contributed by atoms with Crippen molar-refractivity contribution in [2.75, 3.05) is 11.5 Å². The molecule has 0 aromatic heterocycles. The second-order valence-corrected chi connectivity index (χ2v) is 6.05. The quantitative estimate of drug-likeness (QED) is 0.804. The molecule has 2 fully saturated rings. The smallest absolute Gasteiger partial charge is 0.308 e. The van der Waals surface area contributed by atoms with Crippen molar-refractivity contribution in [3.05, 3.63) is 0 Å². The molecule has 0 aromatic carbocycles. The molecular formula is C12H19NO3S. The van der Waals surface area contributed by atoms with Gasteiger partial charge < -0.3 is 10.4 Å². The first kappa shape index (κ1) is 12.7. The Balaban J connectivity index is 1.90. The zero-order valence-electron chi connectivity index (χ0n) is 9.85. The lowest BCUT2D eigenvalue weighted by atomic mass is 9.84. The predicted molar refractivity (Wildman–Crippen MR) is 67.0 cm³/mol. The SMILES string of the molecule is O=C(NC1CCCCC1C(=O)O)C1CCSC1. The highest BCUT2D eigenvalue weighted by molar-refractivity contribution is 7.99. The lowest BCUT2D eigenvalue weighted by molar-refractivity contribution is -0.144. The summed E-state index contributed by atoms with van der Waals surface area (Å²) in [5, 5.41) is 12.1. The Kier molecular flexibility index (Phi) is 4.31. The first-order valence-electron chi connectivity index (χ1n) is 6.29. The fourth-order valence-corrected chi connectivity index (χ4v) is 3.86. The molecule has 1 aliphatic heterocycles. The molecule has 1 heterocycles. The maximum absolute atomic E-state index is 12.0. The summed E-state index contributed by atoms with van der Waals surface area (Å²) in [6.45, 7) is 0. The van der Waals surface area contributed by atoms with E-state index in [0.29, 0.717) is 6.42 Å². The van der Waals surface area contributed by atoms with Gasteiger partial charge in [0.1, 0.15) is 0 Å². The van der Waals surface area contributed by atoms with Crippen molar-refractivity contribution in [3.63, 3.8) is 0 Å². The Morgan fingerprint density at radius 3 is 2.59 bits per heavy atom. The fraction of sp³-hybridized carbons (Fsp3) is 0.833. The van der Waals surface area contributed by atoms with Crippen molar-refractivity contribution in [1.29, 1.82) is 0 Å². The molecule has 17 heavy (non-hydrogen) atoms. The summed E-state index contributed by atoms with van der Waals surface area (Å²) < 4.78 is 0. The first-order chi connectivity index (χ1) is 8.18. The van der Waals surface area contributed by atoms with E-state index in [4.69, 9.17) is 5.11 Å². The summed E-state index contributed by atoms with van der Waals surface area (Å²) in [6.07, 6.45) is 4.42. The van der Waals surface area contributed by atoms with Gasteiger partial charge in [0.25, 0.3) is 0 Å². The number of thioether (sulfide) groups is 1. The Morgan fingerprint density at radius 1 is 1.18 bits per heavy atom. The second-order valence-electron chi connectivity index (χ2n) is 4.90. The summed E-state index contributed by atoms with van der Waals surface area (Å²) in [4.78, 5) is 23.1. The minimum absolute atomic E-state index is 0.0631. The van der Waals surface area contributed by atoms with Gasteiger partial charge in [-0.15, -0.1) is 0 Å². The highest BCUT2D eigenvalue weighted by Gasteiger charge is 2.33. The molecule has 0 bridgehead atoms. The second kappa shape index (κ2) is 5.76. The van der Waals surface area contributed by atoms with Gasteiger partial charge in [-0.05, 0) is 25.0 Å². The third-order valence-electron chi connectivity index (χ3n) is 3.71. The number of rotatable bonds is 3. The number of carbonyl (C=O) groups is 2. The molecule has 1 saturated heterocycles. The Morgan fingerprint density at radius 2 is 1.94 bits per heavy atom. The van der Waals surface area contributed by atoms with Gasteiger partial charge in [0.05, 0.1) is 5.92 Å². The minimum Gasteiger partial charge on any atom is -0.481 e. The van der Waals surface area contributed by atoms with E-state index in [1.807, 2.05) is 0 Å². The summed E-state index contributed by atoms with van der Waals surface area (Å²) in [5.41, 5.74) is 0. The number of aliphatic carboxylic acids is 1. The molecule has 1 amide bonds. The number of nitrogens with one attached hydrogen (secondary N) is 1. The third-order valence-corrected chi connectivity index (χ3v) is 4.87. The number of hydrogen-bond donors (Lipinski definition) is 2. The lowest BCUT2D eigenvalue weighted by Gasteiger charge is -2.30. The van der Waals surface area contributed by atoms with Gasteiger partial charge in [0.2, 0.25) is 5.91 Å². The maximum atomic E-state index is 12.0. The van der Waals surface area contributed by atoms with Crippen LogP contribution in [0.4, 0.5) is 0 Å². The topological polar surface area (TPSA) is 66.4 Å². The van der Waals surface area contributed by atoms with Gasteiger partial charge in [-0.1, -0.05) is 12.8 Å². The van der Waals surface area contributed by atoms with Gasteiger partial charge in [-0.25, -0.2) is 0 Å². The number of carboxylic acid groups (broad SMARTS) is 1. The van der Waals surface area contributed by atoms with Gasteiger partial charge in [0, 0.05) is 17.7 Å². The van der Waals surface area contributed by atoms with E-state index in [9.17, 15) is 9.59 Å². The monoisotopic (exact) mass is 257 g/mol. The average molecular weight is 257 g/mol. The van der Waals surface area contributed by atoms with Gasteiger partial charge >= 0.3 is 5.97 Å². The van der Waals surface area contributed by atoms with E-state index in [2.05, 4.69) is 5.32 Å². The van der Waals surface area contributed by atoms with Gasteiger partial charge in [0.15, 0.2) is 0 Å². The van der Waals surface area contributed by atoms with Crippen molar-refractivity contribution < 1.29 is 14.7 Å². The number of amides is 1. The maximum Gasteiger partial charge on any atom is 0.308 e. The van der Waals surface area contributed by atoms with Crippen LogP contribution in [0.2, 0.25) is 0 Å². The molecule has 0 aromatic rings. The van der Waals surface area contributed by atoms with Gasteiger partial charge in [-0.3, -0.25) is 9.59 Å². The van der Waals surface area contributed by atoms with Gasteiger partial charge in [-0.2, -0.15) is 11.8 Å². The number of carboxylic acids is 1. The molecule has 3 atom stereocenters. The Labute approximate surface area is 106 Å². The molecule has 2 aliphatic rings. The zero-order valence-corrected chi connectivity index (χ0v) is 10.7. The predicted octanol–water partition coefficient (Wildman–Crippen LogP) is 1.50. The third kappa shape index (κ3) is 3.15. The first-order valence-corrected chi connectivity index (χ1v) is 7.45. The minimum atomic E-state index is -0.768. The van der Waals surface area contributed by atoms with Crippen molar-refractivity contribution >= 4 is 23.6 Å². The molecular weight excluding hydrogens is 238 g/mol. The highest BCUT2D eigenvalue weighted by Crippen LogP contribution is 2.27. The normalized spacial score (nSPS) is 33.3. The van der Waals surface area contributed by atoms with E-state index < -0.39 is 5.97 Å². The van der Waals surface area contributed by atoms with Crippen LogP contribution in [-0.2, 0) is 9.59 Å².